The molecule has 1 saturated heterocycles. The quantitative estimate of drug-likeness (QED) is 0.801. The Hall–Kier alpha value is -1.10. The lowest BCUT2D eigenvalue weighted by molar-refractivity contribution is -0.148. The Morgan fingerprint density at radius 1 is 1.63 bits per heavy atom. The zero-order valence-corrected chi connectivity index (χ0v) is 12.9. The number of nitrogens with zero attached hydrogens (tertiary/aromatic N) is 2. The normalized spacial score (nSPS) is 19.3. The number of hydrogen-bond acceptors (Lipinski definition) is 4. The van der Waals surface area contributed by atoms with Gasteiger partial charge in [-0.05, 0) is 54.2 Å². The van der Waals surface area contributed by atoms with Crippen molar-refractivity contribution < 1.29 is 9.53 Å². The average Bonchev–Trinajstić information content (AvgIpc) is 2.42. The van der Waals surface area contributed by atoms with Crippen molar-refractivity contribution in [3.05, 3.63) is 22.3 Å². The molecule has 2 rings (SSSR count). The van der Waals surface area contributed by atoms with E-state index >= 15 is 0 Å². The molecule has 0 spiro atoms. The number of halogens is 1. The maximum atomic E-state index is 11.8. The summed E-state index contributed by atoms with van der Waals surface area (Å²) in [7, 11) is 0. The van der Waals surface area contributed by atoms with Gasteiger partial charge in [-0.25, -0.2) is 4.98 Å². The van der Waals surface area contributed by atoms with E-state index < -0.39 is 0 Å². The highest BCUT2D eigenvalue weighted by molar-refractivity contribution is 9.10. The third-order valence-corrected chi connectivity index (χ3v) is 4.23. The Labute approximate surface area is 122 Å². The highest BCUT2D eigenvalue weighted by Crippen LogP contribution is 2.25. The zero-order chi connectivity index (χ0) is 13.8. The molecule has 1 unspecified atom stereocenters. The molecule has 4 nitrogen and oxygen atoms in total. The first kappa shape index (κ1) is 14.3. The fourth-order valence-corrected chi connectivity index (χ4v) is 2.55. The third-order valence-electron chi connectivity index (χ3n) is 3.40. The van der Waals surface area contributed by atoms with Gasteiger partial charge in [0.1, 0.15) is 5.82 Å². The van der Waals surface area contributed by atoms with Crippen LogP contribution in [-0.2, 0) is 9.53 Å². The minimum absolute atomic E-state index is 0.0283. The minimum Gasteiger partial charge on any atom is -0.466 e. The van der Waals surface area contributed by atoms with Crippen LogP contribution in [0.5, 0.6) is 0 Å². The molecule has 1 aliphatic heterocycles. The Bertz CT molecular complexity index is 465. The number of rotatable bonds is 3. The van der Waals surface area contributed by atoms with Gasteiger partial charge < -0.3 is 9.64 Å². The van der Waals surface area contributed by atoms with E-state index in [1.165, 1.54) is 0 Å². The molecular weight excluding hydrogens is 308 g/mol. The van der Waals surface area contributed by atoms with Gasteiger partial charge >= 0.3 is 5.97 Å². The number of carbonyl (C=O) groups excluding carboxylic acids is 1. The number of aromatic nitrogens is 1. The topological polar surface area (TPSA) is 42.4 Å². The van der Waals surface area contributed by atoms with E-state index in [2.05, 4.69) is 31.9 Å². The van der Waals surface area contributed by atoms with E-state index in [1.54, 1.807) is 0 Å². The molecule has 2 heterocycles. The van der Waals surface area contributed by atoms with Gasteiger partial charge in [0.25, 0.3) is 0 Å². The molecule has 1 atom stereocenters. The number of carbonyl (C=O) groups is 1. The maximum Gasteiger partial charge on any atom is 0.310 e. The molecule has 5 heteroatoms. The SMILES string of the molecule is CCOC(=O)C1CCCN(c2cc(C)c(Br)cn2)C1. The van der Waals surface area contributed by atoms with Crippen molar-refractivity contribution in [2.45, 2.75) is 26.7 Å². The Morgan fingerprint density at radius 2 is 2.42 bits per heavy atom. The summed E-state index contributed by atoms with van der Waals surface area (Å²) >= 11 is 3.45. The molecular formula is C14H19BrN2O2. The number of piperidine rings is 1. The first-order chi connectivity index (χ1) is 9.11. The van der Waals surface area contributed by atoms with Crippen LogP contribution in [0.15, 0.2) is 16.7 Å². The molecule has 1 aromatic heterocycles. The van der Waals surface area contributed by atoms with Crippen LogP contribution < -0.4 is 4.90 Å². The summed E-state index contributed by atoms with van der Waals surface area (Å²) in [5, 5.41) is 0. The van der Waals surface area contributed by atoms with Gasteiger partial charge in [-0.1, -0.05) is 0 Å². The number of anilines is 1. The second kappa shape index (κ2) is 6.37. The van der Waals surface area contributed by atoms with Crippen molar-refractivity contribution in [2.75, 3.05) is 24.6 Å². The lowest BCUT2D eigenvalue weighted by Crippen LogP contribution is -2.39. The average molecular weight is 327 g/mol. The van der Waals surface area contributed by atoms with Crippen LogP contribution in [0.4, 0.5) is 5.82 Å². The summed E-state index contributed by atoms with van der Waals surface area (Å²) in [6.07, 6.45) is 3.73. The van der Waals surface area contributed by atoms with Gasteiger partial charge in [-0.15, -0.1) is 0 Å². The molecule has 1 aromatic rings. The molecule has 1 fully saturated rings. The fourth-order valence-electron chi connectivity index (χ4n) is 2.34. The van der Waals surface area contributed by atoms with E-state index in [9.17, 15) is 4.79 Å². The van der Waals surface area contributed by atoms with Crippen LogP contribution in [0.25, 0.3) is 0 Å². The molecule has 19 heavy (non-hydrogen) atoms. The molecule has 104 valence electrons. The minimum atomic E-state index is -0.0824. The number of ether oxygens (including phenoxy) is 1. The summed E-state index contributed by atoms with van der Waals surface area (Å²) < 4.78 is 6.12. The van der Waals surface area contributed by atoms with Crippen molar-refractivity contribution in [2.24, 2.45) is 5.92 Å². The molecule has 0 aliphatic carbocycles. The van der Waals surface area contributed by atoms with Crippen molar-refractivity contribution in [3.63, 3.8) is 0 Å². The van der Waals surface area contributed by atoms with Crippen molar-refractivity contribution >= 4 is 27.7 Å². The lowest BCUT2D eigenvalue weighted by atomic mass is 9.98. The number of aryl methyl sites for hydroxylation is 1. The molecule has 0 amide bonds. The van der Waals surface area contributed by atoms with E-state index in [4.69, 9.17) is 4.74 Å². The van der Waals surface area contributed by atoms with Crippen molar-refractivity contribution in [3.8, 4) is 0 Å². The largest absolute Gasteiger partial charge is 0.466 e. The fraction of sp³-hybridized carbons (Fsp3) is 0.571. The first-order valence-electron chi connectivity index (χ1n) is 6.65. The summed E-state index contributed by atoms with van der Waals surface area (Å²) in [4.78, 5) is 18.4. The van der Waals surface area contributed by atoms with Crippen LogP contribution in [0.3, 0.4) is 0 Å². The Kier molecular flexibility index (Phi) is 4.80. The van der Waals surface area contributed by atoms with Crippen molar-refractivity contribution in [1.82, 2.24) is 4.98 Å². The van der Waals surface area contributed by atoms with Crippen LogP contribution >= 0.6 is 15.9 Å². The van der Waals surface area contributed by atoms with Gasteiger partial charge in [0.05, 0.1) is 12.5 Å². The number of pyridine rings is 1. The van der Waals surface area contributed by atoms with Gasteiger partial charge in [-0.2, -0.15) is 0 Å². The van der Waals surface area contributed by atoms with Gasteiger partial charge in [0, 0.05) is 23.8 Å². The standard InChI is InChI=1S/C14H19BrN2O2/c1-3-19-14(18)11-5-4-6-17(9-11)13-7-10(2)12(15)8-16-13/h7-8,11H,3-6,9H2,1-2H3. The summed E-state index contributed by atoms with van der Waals surface area (Å²) in [6, 6.07) is 2.05. The Morgan fingerprint density at radius 3 is 3.11 bits per heavy atom. The predicted molar refractivity (Wildman–Crippen MR) is 78.2 cm³/mol. The van der Waals surface area contributed by atoms with Crippen LogP contribution in [0.1, 0.15) is 25.3 Å². The predicted octanol–water partition coefficient (Wildman–Crippen LogP) is 2.93. The first-order valence-corrected chi connectivity index (χ1v) is 7.45. The second-order valence-corrected chi connectivity index (χ2v) is 5.68. The molecule has 0 aromatic carbocycles. The second-order valence-electron chi connectivity index (χ2n) is 4.83. The van der Waals surface area contributed by atoms with Crippen LogP contribution in [0, 0.1) is 12.8 Å². The Balaban J connectivity index is 2.08. The molecule has 0 bridgehead atoms. The molecule has 0 saturated carbocycles. The van der Waals surface area contributed by atoms with E-state index in [0.29, 0.717) is 13.2 Å². The molecule has 1 aliphatic rings. The van der Waals surface area contributed by atoms with Crippen molar-refractivity contribution in [1.29, 1.82) is 0 Å². The summed E-state index contributed by atoms with van der Waals surface area (Å²) in [5.74, 6) is 0.829. The monoisotopic (exact) mass is 326 g/mol. The lowest BCUT2D eigenvalue weighted by Gasteiger charge is -2.32. The van der Waals surface area contributed by atoms with Gasteiger partial charge in [-0.3, -0.25) is 4.79 Å². The van der Waals surface area contributed by atoms with Gasteiger partial charge in [0.2, 0.25) is 0 Å². The van der Waals surface area contributed by atoms with Crippen LogP contribution in [-0.4, -0.2) is 30.6 Å². The maximum absolute atomic E-state index is 11.8. The zero-order valence-electron chi connectivity index (χ0n) is 11.4. The number of esters is 1. The molecule has 0 radical (unpaired) electrons. The van der Waals surface area contributed by atoms with Crippen LogP contribution in [0.2, 0.25) is 0 Å². The summed E-state index contributed by atoms with van der Waals surface area (Å²) in [6.45, 7) is 5.99. The summed E-state index contributed by atoms with van der Waals surface area (Å²) in [5.41, 5.74) is 1.16. The molecule has 0 N–H and O–H groups in total. The van der Waals surface area contributed by atoms with Gasteiger partial charge in [0.15, 0.2) is 0 Å². The van der Waals surface area contributed by atoms with E-state index in [1.807, 2.05) is 20.0 Å². The smallest absolute Gasteiger partial charge is 0.310 e. The number of hydrogen-bond donors (Lipinski definition) is 0. The third kappa shape index (κ3) is 3.47. The highest BCUT2D eigenvalue weighted by atomic mass is 79.9. The van der Waals surface area contributed by atoms with E-state index in [0.717, 1.165) is 35.2 Å². The van der Waals surface area contributed by atoms with E-state index in [-0.39, 0.29) is 11.9 Å². The highest BCUT2D eigenvalue weighted by Gasteiger charge is 2.27.